The van der Waals surface area contributed by atoms with E-state index >= 15 is 0 Å². The number of urea groups is 1. The molecule has 0 unspecified atom stereocenters. The van der Waals surface area contributed by atoms with Crippen LogP contribution < -0.4 is 5.32 Å². The highest BCUT2D eigenvalue weighted by molar-refractivity contribution is 5.81. The Kier molecular flexibility index (Phi) is 4.93. The molecule has 24 heavy (non-hydrogen) atoms. The third kappa shape index (κ3) is 3.19. The predicted molar refractivity (Wildman–Crippen MR) is 84.4 cm³/mol. The summed E-state index contributed by atoms with van der Waals surface area (Å²) in [6.07, 6.45) is 2.69. The number of fused-ring (bicyclic) bond motifs is 1. The molecular formula is C16H25N3O5. The van der Waals surface area contributed by atoms with Crippen molar-refractivity contribution in [2.45, 2.75) is 25.7 Å². The quantitative estimate of drug-likeness (QED) is 0.759. The number of hydrogen-bond acceptors (Lipinski definition) is 4. The fraction of sp³-hybridized carbons (Fsp3) is 0.812. The third-order valence-corrected chi connectivity index (χ3v) is 5.56. The number of aliphatic carboxylic acids is 1. The first kappa shape index (κ1) is 17.0. The highest BCUT2D eigenvalue weighted by atomic mass is 16.5. The Morgan fingerprint density at radius 2 is 1.96 bits per heavy atom. The summed E-state index contributed by atoms with van der Waals surface area (Å²) in [5.41, 5.74) is -0.763. The first-order valence-electron chi connectivity index (χ1n) is 8.64. The molecule has 3 fully saturated rings. The fourth-order valence-corrected chi connectivity index (χ4v) is 4.15. The summed E-state index contributed by atoms with van der Waals surface area (Å²) < 4.78 is 5.21. The van der Waals surface area contributed by atoms with E-state index in [-0.39, 0.29) is 37.4 Å². The van der Waals surface area contributed by atoms with Gasteiger partial charge in [0.05, 0.1) is 18.6 Å². The van der Waals surface area contributed by atoms with Gasteiger partial charge in [0.1, 0.15) is 0 Å². The summed E-state index contributed by atoms with van der Waals surface area (Å²) in [4.78, 5) is 39.3. The van der Waals surface area contributed by atoms with E-state index in [1.54, 1.807) is 9.80 Å². The van der Waals surface area contributed by atoms with Crippen molar-refractivity contribution in [1.82, 2.24) is 15.1 Å². The lowest BCUT2D eigenvalue weighted by Crippen LogP contribution is -2.44. The van der Waals surface area contributed by atoms with Crippen LogP contribution in [0.1, 0.15) is 25.7 Å². The van der Waals surface area contributed by atoms with Gasteiger partial charge in [-0.25, -0.2) is 4.79 Å². The number of hydrogen-bond donors (Lipinski definition) is 2. The second-order valence-electron chi connectivity index (χ2n) is 6.91. The molecule has 0 spiro atoms. The normalized spacial score (nSPS) is 29.4. The van der Waals surface area contributed by atoms with Crippen LogP contribution in [0.5, 0.6) is 0 Å². The van der Waals surface area contributed by atoms with Gasteiger partial charge in [-0.2, -0.15) is 0 Å². The van der Waals surface area contributed by atoms with Crippen molar-refractivity contribution in [3.05, 3.63) is 0 Å². The Bertz CT molecular complexity index is 520. The van der Waals surface area contributed by atoms with Crippen molar-refractivity contribution >= 4 is 17.9 Å². The number of carboxylic acid groups (broad SMARTS) is 1. The van der Waals surface area contributed by atoms with Crippen LogP contribution in [0.2, 0.25) is 0 Å². The zero-order chi connectivity index (χ0) is 17.2. The summed E-state index contributed by atoms with van der Waals surface area (Å²) >= 11 is 0. The van der Waals surface area contributed by atoms with Crippen molar-refractivity contribution in [3.63, 3.8) is 0 Å². The number of carbonyl (C=O) groups is 3. The maximum atomic E-state index is 12.3. The molecule has 3 amide bonds. The Morgan fingerprint density at radius 3 is 2.62 bits per heavy atom. The number of nitrogens with one attached hydrogen (secondary N) is 1. The minimum absolute atomic E-state index is 0.0129. The molecule has 1 aliphatic carbocycles. The van der Waals surface area contributed by atoms with Crippen LogP contribution in [0.25, 0.3) is 0 Å². The second-order valence-corrected chi connectivity index (χ2v) is 6.91. The van der Waals surface area contributed by atoms with Crippen molar-refractivity contribution < 1.29 is 24.2 Å². The minimum atomic E-state index is -0.789. The average Bonchev–Trinajstić information content (AvgIpc) is 3.13. The summed E-state index contributed by atoms with van der Waals surface area (Å²) in [6, 6.07) is -0.264. The van der Waals surface area contributed by atoms with Gasteiger partial charge in [0.2, 0.25) is 5.91 Å². The van der Waals surface area contributed by atoms with E-state index in [9.17, 15) is 19.5 Å². The molecule has 134 valence electrons. The number of nitrogens with zero attached hydrogens (tertiary/aromatic N) is 2. The van der Waals surface area contributed by atoms with E-state index < -0.39 is 11.4 Å². The van der Waals surface area contributed by atoms with E-state index in [2.05, 4.69) is 5.32 Å². The molecule has 2 heterocycles. The Hall–Kier alpha value is -1.83. The maximum absolute atomic E-state index is 12.3. The van der Waals surface area contributed by atoms with Crippen LogP contribution in [0, 0.1) is 11.3 Å². The van der Waals surface area contributed by atoms with Gasteiger partial charge in [0, 0.05) is 39.1 Å². The van der Waals surface area contributed by atoms with E-state index in [0.29, 0.717) is 39.3 Å². The number of carboxylic acids is 1. The molecule has 0 bridgehead atoms. The zero-order valence-electron chi connectivity index (χ0n) is 13.8. The van der Waals surface area contributed by atoms with Gasteiger partial charge in [0.25, 0.3) is 0 Å². The SMILES string of the molecule is O=C(CCNC(=O)N1C[C@@H]2CCC[C@@]2(C(=O)O)C1)N1CCOCC1. The topological polar surface area (TPSA) is 99.2 Å². The van der Waals surface area contributed by atoms with Gasteiger partial charge in [-0.05, 0) is 18.8 Å². The number of likely N-dealkylation sites (tertiary alicyclic amines) is 1. The highest BCUT2D eigenvalue weighted by Crippen LogP contribution is 2.48. The zero-order valence-corrected chi connectivity index (χ0v) is 13.8. The molecule has 2 atom stereocenters. The lowest BCUT2D eigenvalue weighted by atomic mass is 9.81. The summed E-state index contributed by atoms with van der Waals surface area (Å²) in [6.45, 7) is 3.36. The van der Waals surface area contributed by atoms with E-state index in [1.165, 1.54) is 0 Å². The molecule has 3 aliphatic rings. The van der Waals surface area contributed by atoms with Crippen molar-refractivity contribution in [3.8, 4) is 0 Å². The first-order valence-corrected chi connectivity index (χ1v) is 8.64. The van der Waals surface area contributed by atoms with Crippen LogP contribution in [0.4, 0.5) is 4.79 Å². The van der Waals surface area contributed by atoms with E-state index in [0.717, 1.165) is 12.8 Å². The smallest absolute Gasteiger partial charge is 0.317 e. The van der Waals surface area contributed by atoms with Gasteiger partial charge in [-0.1, -0.05) is 6.42 Å². The highest BCUT2D eigenvalue weighted by Gasteiger charge is 2.55. The number of ether oxygens (including phenoxy) is 1. The van der Waals surface area contributed by atoms with Gasteiger partial charge in [-0.15, -0.1) is 0 Å². The molecule has 0 aromatic rings. The van der Waals surface area contributed by atoms with Crippen molar-refractivity contribution in [2.24, 2.45) is 11.3 Å². The fourth-order valence-electron chi connectivity index (χ4n) is 4.15. The van der Waals surface area contributed by atoms with Crippen molar-refractivity contribution in [1.29, 1.82) is 0 Å². The molecular weight excluding hydrogens is 314 g/mol. The molecule has 1 saturated carbocycles. The van der Waals surface area contributed by atoms with Gasteiger partial charge in [0.15, 0.2) is 0 Å². The number of rotatable bonds is 4. The second kappa shape index (κ2) is 6.96. The number of morpholine rings is 1. The van der Waals surface area contributed by atoms with Gasteiger partial charge in [-0.3, -0.25) is 9.59 Å². The van der Waals surface area contributed by atoms with Crippen LogP contribution in [-0.4, -0.2) is 78.8 Å². The Labute approximate surface area is 141 Å². The Morgan fingerprint density at radius 1 is 1.21 bits per heavy atom. The lowest BCUT2D eigenvalue weighted by Gasteiger charge is -2.27. The Balaban J connectivity index is 1.44. The summed E-state index contributed by atoms with van der Waals surface area (Å²) in [5.74, 6) is -0.725. The maximum Gasteiger partial charge on any atom is 0.317 e. The van der Waals surface area contributed by atoms with Crippen LogP contribution in [0.3, 0.4) is 0 Å². The molecule has 2 aliphatic heterocycles. The van der Waals surface area contributed by atoms with E-state index in [1.807, 2.05) is 0 Å². The summed E-state index contributed by atoms with van der Waals surface area (Å²) in [7, 11) is 0. The van der Waals surface area contributed by atoms with Crippen molar-refractivity contribution in [2.75, 3.05) is 45.9 Å². The van der Waals surface area contributed by atoms with Crippen LogP contribution >= 0.6 is 0 Å². The first-order chi connectivity index (χ1) is 11.5. The molecule has 2 N–H and O–H groups in total. The molecule has 0 radical (unpaired) electrons. The summed E-state index contributed by atoms with van der Waals surface area (Å²) in [5, 5.41) is 12.3. The lowest BCUT2D eigenvalue weighted by molar-refractivity contribution is -0.149. The predicted octanol–water partition coefficient (Wildman–Crippen LogP) is 0.132. The van der Waals surface area contributed by atoms with Crippen LogP contribution in [-0.2, 0) is 14.3 Å². The molecule has 8 heteroatoms. The minimum Gasteiger partial charge on any atom is -0.481 e. The monoisotopic (exact) mass is 339 g/mol. The average molecular weight is 339 g/mol. The largest absolute Gasteiger partial charge is 0.481 e. The molecule has 2 saturated heterocycles. The molecule has 0 aromatic heterocycles. The number of amides is 3. The van der Waals surface area contributed by atoms with Crippen LogP contribution in [0.15, 0.2) is 0 Å². The third-order valence-electron chi connectivity index (χ3n) is 5.56. The molecule has 0 aromatic carbocycles. The number of carbonyl (C=O) groups excluding carboxylic acids is 2. The van der Waals surface area contributed by atoms with E-state index in [4.69, 9.17) is 4.74 Å². The standard InChI is InChI=1S/C16H25N3O5/c20-13(18-6-8-24-9-7-18)3-5-17-15(23)19-10-12-2-1-4-16(12,11-19)14(21)22/h12H,1-11H2,(H,17,23)(H,21,22)/t12-,16+/m0/s1. The van der Waals surface area contributed by atoms with Gasteiger partial charge < -0.3 is 25.0 Å². The molecule has 3 rings (SSSR count). The molecule has 8 nitrogen and oxygen atoms in total. The van der Waals surface area contributed by atoms with Gasteiger partial charge >= 0.3 is 12.0 Å².